The standard InChI is InChI=1S/C22H24N4O3/c1-24-10-11-25(19(15-24)17-7-3-2-4-8-17)21(28)18-9-5-6-16(12-18)14-26-20(27)13-23-22(26)29/h2-9,12,19H,10-11,13-15H2,1H3,(H,23,29)/t19-/m0/s1. The van der Waals surface area contributed by atoms with Crippen LogP contribution >= 0.6 is 0 Å². The quantitative estimate of drug-likeness (QED) is 0.807. The van der Waals surface area contributed by atoms with E-state index < -0.39 is 6.03 Å². The fraction of sp³-hybridized carbons (Fsp3) is 0.318. The Morgan fingerprint density at radius 1 is 1.07 bits per heavy atom. The van der Waals surface area contributed by atoms with Crippen LogP contribution in [-0.2, 0) is 11.3 Å². The molecule has 29 heavy (non-hydrogen) atoms. The van der Waals surface area contributed by atoms with Crippen LogP contribution in [0.2, 0.25) is 0 Å². The number of benzene rings is 2. The second-order valence-electron chi connectivity index (χ2n) is 7.53. The molecule has 2 heterocycles. The van der Waals surface area contributed by atoms with Crippen molar-refractivity contribution in [2.24, 2.45) is 0 Å². The van der Waals surface area contributed by atoms with Crippen LogP contribution in [0.15, 0.2) is 54.6 Å². The highest BCUT2D eigenvalue weighted by Crippen LogP contribution is 2.27. The molecule has 0 radical (unpaired) electrons. The van der Waals surface area contributed by atoms with Gasteiger partial charge in [-0.3, -0.25) is 14.5 Å². The van der Waals surface area contributed by atoms with E-state index in [1.54, 1.807) is 18.2 Å². The molecule has 2 aromatic carbocycles. The Morgan fingerprint density at radius 3 is 2.59 bits per heavy atom. The average Bonchev–Trinajstić information content (AvgIpc) is 3.06. The molecule has 0 saturated carbocycles. The third kappa shape index (κ3) is 4.00. The van der Waals surface area contributed by atoms with E-state index in [4.69, 9.17) is 0 Å². The van der Waals surface area contributed by atoms with Gasteiger partial charge in [0.25, 0.3) is 5.91 Å². The summed E-state index contributed by atoms with van der Waals surface area (Å²) >= 11 is 0. The first-order valence-electron chi connectivity index (χ1n) is 9.74. The third-order valence-electron chi connectivity index (χ3n) is 5.48. The molecule has 2 aliphatic heterocycles. The molecule has 4 amide bonds. The monoisotopic (exact) mass is 392 g/mol. The summed E-state index contributed by atoms with van der Waals surface area (Å²) in [5.41, 5.74) is 2.44. The fourth-order valence-electron chi connectivity index (χ4n) is 3.89. The second-order valence-corrected chi connectivity index (χ2v) is 7.53. The molecule has 0 spiro atoms. The van der Waals surface area contributed by atoms with Crippen molar-refractivity contribution in [3.63, 3.8) is 0 Å². The average molecular weight is 392 g/mol. The molecule has 2 saturated heterocycles. The van der Waals surface area contributed by atoms with E-state index in [0.29, 0.717) is 12.1 Å². The number of rotatable bonds is 4. The lowest BCUT2D eigenvalue weighted by Crippen LogP contribution is -2.49. The molecule has 1 atom stereocenters. The number of imide groups is 1. The molecule has 1 N–H and O–H groups in total. The Hall–Kier alpha value is -3.19. The van der Waals surface area contributed by atoms with Gasteiger partial charge >= 0.3 is 6.03 Å². The summed E-state index contributed by atoms with van der Waals surface area (Å²) in [6.45, 7) is 2.43. The van der Waals surface area contributed by atoms with Gasteiger partial charge < -0.3 is 15.1 Å². The fourth-order valence-corrected chi connectivity index (χ4v) is 3.89. The predicted molar refractivity (Wildman–Crippen MR) is 108 cm³/mol. The van der Waals surface area contributed by atoms with Crippen molar-refractivity contribution in [2.75, 3.05) is 33.2 Å². The molecule has 2 fully saturated rings. The van der Waals surface area contributed by atoms with Gasteiger partial charge in [-0.2, -0.15) is 0 Å². The molecule has 0 unspecified atom stereocenters. The highest BCUT2D eigenvalue weighted by atomic mass is 16.2. The van der Waals surface area contributed by atoms with E-state index in [0.717, 1.165) is 24.2 Å². The van der Waals surface area contributed by atoms with Gasteiger partial charge in [0, 0.05) is 25.2 Å². The van der Waals surface area contributed by atoms with Crippen LogP contribution in [-0.4, -0.2) is 65.8 Å². The van der Waals surface area contributed by atoms with Crippen molar-refractivity contribution in [1.82, 2.24) is 20.0 Å². The van der Waals surface area contributed by atoms with E-state index >= 15 is 0 Å². The number of hydrogen-bond acceptors (Lipinski definition) is 4. The summed E-state index contributed by atoms with van der Waals surface area (Å²) in [4.78, 5) is 42.3. The van der Waals surface area contributed by atoms with Crippen LogP contribution < -0.4 is 5.32 Å². The van der Waals surface area contributed by atoms with Crippen molar-refractivity contribution in [1.29, 1.82) is 0 Å². The first-order valence-corrected chi connectivity index (χ1v) is 9.74. The summed E-state index contributed by atoms with van der Waals surface area (Å²) < 4.78 is 0. The number of amides is 4. The summed E-state index contributed by atoms with van der Waals surface area (Å²) in [6.07, 6.45) is 0. The number of carbonyl (C=O) groups is 3. The molecule has 0 bridgehead atoms. The zero-order valence-electron chi connectivity index (χ0n) is 16.4. The predicted octanol–water partition coefficient (Wildman–Crippen LogP) is 1.87. The highest BCUT2D eigenvalue weighted by molar-refractivity contribution is 6.02. The molecule has 7 heteroatoms. The first-order chi connectivity index (χ1) is 14.0. The number of urea groups is 1. The topological polar surface area (TPSA) is 73.0 Å². The highest BCUT2D eigenvalue weighted by Gasteiger charge is 2.31. The molecular weight excluding hydrogens is 368 g/mol. The molecular formula is C22H24N4O3. The van der Waals surface area contributed by atoms with Crippen LogP contribution in [0, 0.1) is 0 Å². The van der Waals surface area contributed by atoms with E-state index in [1.807, 2.05) is 29.2 Å². The van der Waals surface area contributed by atoms with Gasteiger partial charge in [0.1, 0.15) is 0 Å². The number of piperazine rings is 1. The van der Waals surface area contributed by atoms with Crippen molar-refractivity contribution in [3.05, 3.63) is 71.3 Å². The van der Waals surface area contributed by atoms with E-state index in [2.05, 4.69) is 29.4 Å². The summed E-state index contributed by atoms with van der Waals surface area (Å²) in [6, 6.07) is 16.9. The van der Waals surface area contributed by atoms with Gasteiger partial charge in [-0.15, -0.1) is 0 Å². The van der Waals surface area contributed by atoms with Gasteiger partial charge in [-0.25, -0.2) is 4.79 Å². The molecule has 7 nitrogen and oxygen atoms in total. The molecule has 150 valence electrons. The van der Waals surface area contributed by atoms with Crippen LogP contribution in [0.5, 0.6) is 0 Å². The molecule has 4 rings (SSSR count). The minimum absolute atomic E-state index is 0.0166. The van der Waals surface area contributed by atoms with E-state index in [1.165, 1.54) is 4.90 Å². The Morgan fingerprint density at radius 2 is 1.86 bits per heavy atom. The van der Waals surface area contributed by atoms with Gasteiger partial charge in [-0.1, -0.05) is 42.5 Å². The molecule has 0 aliphatic carbocycles. The SMILES string of the molecule is CN1CCN(C(=O)c2cccc(CN3C(=O)CNC3=O)c2)[C@H](c2ccccc2)C1. The number of carbonyl (C=O) groups excluding carboxylic acids is 3. The largest absolute Gasteiger partial charge is 0.329 e. The maximum Gasteiger partial charge on any atom is 0.324 e. The molecule has 0 aromatic heterocycles. The maximum absolute atomic E-state index is 13.4. The number of nitrogens with zero attached hydrogens (tertiary/aromatic N) is 3. The van der Waals surface area contributed by atoms with Crippen LogP contribution in [0.4, 0.5) is 4.79 Å². The van der Waals surface area contributed by atoms with Crippen molar-refractivity contribution < 1.29 is 14.4 Å². The molecule has 2 aliphatic rings. The number of nitrogens with one attached hydrogen (secondary N) is 1. The van der Waals surface area contributed by atoms with Gasteiger partial charge in [0.05, 0.1) is 19.1 Å². The van der Waals surface area contributed by atoms with Gasteiger partial charge in [0.15, 0.2) is 0 Å². The van der Waals surface area contributed by atoms with Gasteiger partial charge in [-0.05, 0) is 30.3 Å². The Balaban J connectivity index is 1.56. The number of likely N-dealkylation sites (N-methyl/N-ethyl adjacent to an activating group) is 1. The zero-order valence-corrected chi connectivity index (χ0v) is 16.4. The minimum atomic E-state index is -0.394. The maximum atomic E-state index is 13.4. The minimum Gasteiger partial charge on any atom is -0.329 e. The number of hydrogen-bond donors (Lipinski definition) is 1. The van der Waals surface area contributed by atoms with Crippen LogP contribution in [0.25, 0.3) is 0 Å². The summed E-state index contributed by atoms with van der Waals surface area (Å²) in [5, 5.41) is 2.51. The summed E-state index contributed by atoms with van der Waals surface area (Å²) in [5.74, 6) is -0.291. The Kier molecular flexibility index (Phi) is 5.31. The molecule has 2 aromatic rings. The van der Waals surface area contributed by atoms with Crippen molar-refractivity contribution >= 4 is 17.8 Å². The van der Waals surface area contributed by atoms with Crippen molar-refractivity contribution in [2.45, 2.75) is 12.6 Å². The van der Waals surface area contributed by atoms with E-state index in [-0.39, 0.29) is 30.9 Å². The van der Waals surface area contributed by atoms with Gasteiger partial charge in [0.2, 0.25) is 5.91 Å². The smallest absolute Gasteiger partial charge is 0.324 e. The Labute approximate surface area is 169 Å². The normalized spacial score (nSPS) is 20.1. The van der Waals surface area contributed by atoms with Crippen molar-refractivity contribution in [3.8, 4) is 0 Å². The van der Waals surface area contributed by atoms with Crippen LogP contribution in [0.3, 0.4) is 0 Å². The van der Waals surface area contributed by atoms with Crippen LogP contribution in [0.1, 0.15) is 27.5 Å². The van der Waals surface area contributed by atoms with E-state index in [9.17, 15) is 14.4 Å². The summed E-state index contributed by atoms with van der Waals surface area (Å²) in [7, 11) is 2.07. The lowest BCUT2D eigenvalue weighted by atomic mass is 10.0. The second kappa shape index (κ2) is 8.05. The zero-order chi connectivity index (χ0) is 20.4. The lowest BCUT2D eigenvalue weighted by molar-refractivity contribution is -0.125. The lowest BCUT2D eigenvalue weighted by Gasteiger charge is -2.40. The third-order valence-corrected chi connectivity index (χ3v) is 5.48. The first kappa shape index (κ1) is 19.1. The Bertz CT molecular complexity index is 915.